The fraction of sp³-hybridized carbons (Fsp3) is 0.867. The van der Waals surface area contributed by atoms with Gasteiger partial charge in [0.05, 0.1) is 0 Å². The van der Waals surface area contributed by atoms with Gasteiger partial charge in [0, 0.05) is 6.04 Å². The van der Waals surface area contributed by atoms with Crippen molar-refractivity contribution in [1.82, 2.24) is 10.6 Å². The van der Waals surface area contributed by atoms with E-state index in [-0.39, 0.29) is 12.1 Å². The summed E-state index contributed by atoms with van der Waals surface area (Å²) in [7, 11) is 0. The van der Waals surface area contributed by atoms with Crippen LogP contribution in [0.5, 0.6) is 0 Å². The maximum Gasteiger partial charge on any atom is 0.329 e. The highest BCUT2D eigenvalue weighted by molar-refractivity contribution is 5.86. The molecule has 0 saturated heterocycles. The molecule has 5 heteroatoms. The average Bonchev–Trinajstić information content (AvgIpc) is 2.99. The number of nitrogens with one attached hydrogen (secondary N) is 2. The molecule has 2 aliphatic rings. The Hall–Kier alpha value is -1.26. The Labute approximate surface area is 120 Å². The molecule has 20 heavy (non-hydrogen) atoms. The van der Waals surface area contributed by atoms with E-state index in [1.807, 2.05) is 0 Å². The number of rotatable bonds is 4. The molecular weight excluding hydrogens is 256 g/mol. The third-order valence-corrected chi connectivity index (χ3v) is 5.29. The molecule has 0 aromatic rings. The van der Waals surface area contributed by atoms with Crippen molar-refractivity contribution in [2.75, 3.05) is 0 Å². The summed E-state index contributed by atoms with van der Waals surface area (Å²) < 4.78 is 0. The molecule has 3 atom stereocenters. The minimum absolute atomic E-state index is 0.173. The highest BCUT2D eigenvalue weighted by Gasteiger charge is 2.43. The van der Waals surface area contributed by atoms with Crippen molar-refractivity contribution in [3.8, 4) is 0 Å². The van der Waals surface area contributed by atoms with Gasteiger partial charge in [-0.1, -0.05) is 33.1 Å². The van der Waals surface area contributed by atoms with Gasteiger partial charge in [0.1, 0.15) is 5.54 Å². The van der Waals surface area contributed by atoms with Gasteiger partial charge in [0.25, 0.3) is 0 Å². The lowest BCUT2D eigenvalue weighted by Crippen LogP contribution is -2.57. The lowest BCUT2D eigenvalue weighted by molar-refractivity contribution is -0.144. The van der Waals surface area contributed by atoms with Crippen molar-refractivity contribution in [1.29, 1.82) is 0 Å². The van der Waals surface area contributed by atoms with Crippen molar-refractivity contribution in [3.63, 3.8) is 0 Å². The number of carboxylic acids is 1. The molecule has 2 aliphatic carbocycles. The van der Waals surface area contributed by atoms with Crippen LogP contribution in [-0.2, 0) is 4.79 Å². The summed E-state index contributed by atoms with van der Waals surface area (Å²) in [5.41, 5.74) is -1.05. The summed E-state index contributed by atoms with van der Waals surface area (Å²) in [6, 6.07) is -0.143. The normalized spacial score (nSPS) is 32.0. The van der Waals surface area contributed by atoms with Crippen molar-refractivity contribution in [3.05, 3.63) is 0 Å². The highest BCUT2D eigenvalue weighted by atomic mass is 16.4. The molecule has 0 radical (unpaired) electrons. The molecule has 114 valence electrons. The van der Waals surface area contributed by atoms with Crippen molar-refractivity contribution in [2.45, 2.75) is 70.4 Å². The van der Waals surface area contributed by atoms with Gasteiger partial charge in [-0.15, -0.1) is 0 Å². The summed E-state index contributed by atoms with van der Waals surface area (Å²) in [6.07, 6.45) is 6.08. The fourth-order valence-corrected chi connectivity index (χ4v) is 3.82. The first-order chi connectivity index (χ1) is 9.48. The van der Waals surface area contributed by atoms with Crippen LogP contribution in [0.2, 0.25) is 0 Å². The molecule has 3 unspecified atom stereocenters. The topological polar surface area (TPSA) is 78.4 Å². The SMILES string of the molecule is CCC1CCC(NC(=O)NC2(C(=O)O)CCCC2)C1C. The molecule has 2 amide bonds. The Morgan fingerprint density at radius 1 is 1.25 bits per heavy atom. The second-order valence-corrected chi connectivity index (χ2v) is 6.40. The maximum absolute atomic E-state index is 12.1. The molecule has 2 rings (SSSR count). The molecule has 0 aromatic carbocycles. The number of hydrogen-bond acceptors (Lipinski definition) is 2. The van der Waals surface area contributed by atoms with E-state index in [0.29, 0.717) is 24.7 Å². The summed E-state index contributed by atoms with van der Waals surface area (Å²) in [5, 5.41) is 15.1. The molecule has 0 aliphatic heterocycles. The lowest BCUT2D eigenvalue weighted by Gasteiger charge is -2.28. The van der Waals surface area contributed by atoms with E-state index >= 15 is 0 Å². The number of carboxylic acid groups (broad SMARTS) is 1. The predicted molar refractivity (Wildman–Crippen MR) is 76.5 cm³/mol. The number of carbonyl (C=O) groups excluding carboxylic acids is 1. The van der Waals surface area contributed by atoms with E-state index in [9.17, 15) is 14.7 Å². The van der Waals surface area contributed by atoms with Crippen LogP contribution in [0.3, 0.4) is 0 Å². The Balaban J connectivity index is 1.91. The van der Waals surface area contributed by atoms with Crippen LogP contribution in [0.15, 0.2) is 0 Å². The minimum Gasteiger partial charge on any atom is -0.480 e. The number of urea groups is 1. The smallest absolute Gasteiger partial charge is 0.329 e. The predicted octanol–water partition coefficient (Wildman–Crippen LogP) is 2.51. The van der Waals surface area contributed by atoms with Gasteiger partial charge >= 0.3 is 12.0 Å². The minimum atomic E-state index is -1.05. The number of aliphatic carboxylic acids is 1. The molecule has 2 fully saturated rings. The van der Waals surface area contributed by atoms with Gasteiger partial charge in [0.2, 0.25) is 0 Å². The molecule has 3 N–H and O–H groups in total. The first kappa shape index (κ1) is 15.1. The lowest BCUT2D eigenvalue weighted by atomic mass is 9.93. The van der Waals surface area contributed by atoms with Gasteiger partial charge in [0.15, 0.2) is 0 Å². The Kier molecular flexibility index (Phi) is 4.55. The summed E-state index contributed by atoms with van der Waals surface area (Å²) in [6.45, 7) is 4.36. The largest absolute Gasteiger partial charge is 0.480 e. The highest BCUT2D eigenvalue weighted by Crippen LogP contribution is 2.34. The third kappa shape index (κ3) is 2.91. The van der Waals surface area contributed by atoms with E-state index in [4.69, 9.17) is 0 Å². The van der Waals surface area contributed by atoms with E-state index in [1.165, 1.54) is 0 Å². The summed E-state index contributed by atoms with van der Waals surface area (Å²) in [5.74, 6) is 0.228. The van der Waals surface area contributed by atoms with E-state index in [0.717, 1.165) is 32.1 Å². The first-order valence-corrected chi connectivity index (χ1v) is 7.80. The number of hydrogen-bond donors (Lipinski definition) is 3. The van der Waals surface area contributed by atoms with Gasteiger partial charge in [-0.2, -0.15) is 0 Å². The van der Waals surface area contributed by atoms with Crippen molar-refractivity contribution in [2.24, 2.45) is 11.8 Å². The molecule has 0 bridgehead atoms. The van der Waals surface area contributed by atoms with E-state index in [1.54, 1.807) is 0 Å². The van der Waals surface area contributed by atoms with Gasteiger partial charge in [-0.25, -0.2) is 9.59 Å². The first-order valence-electron chi connectivity index (χ1n) is 7.80. The van der Waals surface area contributed by atoms with E-state index < -0.39 is 11.5 Å². The van der Waals surface area contributed by atoms with Crippen LogP contribution in [0.25, 0.3) is 0 Å². The van der Waals surface area contributed by atoms with Gasteiger partial charge in [-0.05, 0) is 37.5 Å². The molecule has 0 spiro atoms. The zero-order valence-corrected chi connectivity index (χ0v) is 12.4. The Bertz CT molecular complexity index is 377. The standard InChI is InChI=1S/C15H26N2O3/c1-3-11-6-7-12(10(11)2)16-14(20)17-15(13(18)19)8-4-5-9-15/h10-12H,3-9H2,1-2H3,(H,18,19)(H2,16,17,20). The van der Waals surface area contributed by atoms with Crippen LogP contribution in [0.1, 0.15) is 58.8 Å². The van der Waals surface area contributed by atoms with Crippen LogP contribution in [0.4, 0.5) is 4.79 Å². The van der Waals surface area contributed by atoms with Crippen LogP contribution in [-0.4, -0.2) is 28.7 Å². The van der Waals surface area contributed by atoms with Crippen LogP contribution < -0.4 is 10.6 Å². The Morgan fingerprint density at radius 2 is 1.90 bits per heavy atom. The fourth-order valence-electron chi connectivity index (χ4n) is 3.82. The summed E-state index contributed by atoms with van der Waals surface area (Å²) in [4.78, 5) is 23.5. The van der Waals surface area contributed by atoms with E-state index in [2.05, 4.69) is 24.5 Å². The van der Waals surface area contributed by atoms with Gasteiger partial charge < -0.3 is 15.7 Å². The quantitative estimate of drug-likeness (QED) is 0.741. The zero-order valence-electron chi connectivity index (χ0n) is 12.4. The number of amides is 2. The Morgan fingerprint density at radius 3 is 2.40 bits per heavy atom. The van der Waals surface area contributed by atoms with Crippen LogP contribution >= 0.6 is 0 Å². The molecule has 2 saturated carbocycles. The zero-order chi connectivity index (χ0) is 14.8. The average molecular weight is 282 g/mol. The molecule has 5 nitrogen and oxygen atoms in total. The van der Waals surface area contributed by atoms with Crippen molar-refractivity contribution >= 4 is 12.0 Å². The van der Waals surface area contributed by atoms with Crippen molar-refractivity contribution < 1.29 is 14.7 Å². The third-order valence-electron chi connectivity index (χ3n) is 5.29. The second-order valence-electron chi connectivity index (χ2n) is 6.40. The van der Waals surface area contributed by atoms with Crippen LogP contribution in [0, 0.1) is 11.8 Å². The molecular formula is C15H26N2O3. The summed E-state index contributed by atoms with van der Waals surface area (Å²) >= 11 is 0. The molecule has 0 aromatic heterocycles. The number of carbonyl (C=O) groups is 2. The maximum atomic E-state index is 12.1. The van der Waals surface area contributed by atoms with Gasteiger partial charge in [-0.3, -0.25) is 0 Å². The monoisotopic (exact) mass is 282 g/mol. The molecule has 0 heterocycles. The second kappa shape index (κ2) is 6.02.